The van der Waals surface area contributed by atoms with Crippen LogP contribution in [0.25, 0.3) is 0 Å². The summed E-state index contributed by atoms with van der Waals surface area (Å²) in [6.45, 7) is 3.61. The highest BCUT2D eigenvalue weighted by Crippen LogP contribution is 2.26. The van der Waals surface area contributed by atoms with E-state index in [1.54, 1.807) is 6.92 Å². The van der Waals surface area contributed by atoms with Crippen LogP contribution >= 0.6 is 11.6 Å². The predicted molar refractivity (Wildman–Crippen MR) is 63.0 cm³/mol. The maximum atomic E-state index is 5.95. The van der Waals surface area contributed by atoms with Gasteiger partial charge in [-0.1, -0.05) is 29.8 Å². The molecule has 0 aliphatic heterocycles. The molecule has 1 heterocycles. The molecule has 82 valence electrons. The molecule has 0 spiro atoms. The van der Waals surface area contributed by atoms with Gasteiger partial charge in [0.25, 0.3) is 0 Å². The summed E-state index contributed by atoms with van der Waals surface area (Å²) in [5.41, 5.74) is 0.746. The van der Waals surface area contributed by atoms with E-state index in [9.17, 15) is 0 Å². The highest BCUT2D eigenvalue weighted by atomic mass is 35.5. The maximum Gasteiger partial charge on any atom is 0.226 e. The lowest BCUT2D eigenvalue weighted by molar-refractivity contribution is 0.455. The molecule has 3 nitrogen and oxygen atoms in total. The van der Waals surface area contributed by atoms with Crippen LogP contribution in [0.15, 0.2) is 30.3 Å². The van der Waals surface area contributed by atoms with Crippen molar-refractivity contribution in [2.75, 3.05) is 0 Å². The van der Waals surface area contributed by atoms with Gasteiger partial charge in [-0.3, -0.25) is 0 Å². The van der Waals surface area contributed by atoms with E-state index in [-0.39, 0.29) is 0 Å². The van der Waals surface area contributed by atoms with Crippen LogP contribution in [-0.4, -0.2) is 9.97 Å². The Kier molecular flexibility index (Phi) is 3.06. The first kappa shape index (κ1) is 10.9. The van der Waals surface area contributed by atoms with E-state index in [1.807, 2.05) is 37.3 Å². The van der Waals surface area contributed by atoms with Gasteiger partial charge in [-0.2, -0.15) is 4.98 Å². The fraction of sp³-hybridized carbons (Fsp3) is 0.167. The highest BCUT2D eigenvalue weighted by molar-refractivity contribution is 6.30. The molecule has 0 unspecified atom stereocenters. The molecule has 16 heavy (non-hydrogen) atoms. The fourth-order valence-corrected chi connectivity index (χ4v) is 1.47. The third kappa shape index (κ3) is 2.31. The van der Waals surface area contributed by atoms with E-state index >= 15 is 0 Å². The molecule has 0 aliphatic rings. The lowest BCUT2D eigenvalue weighted by Crippen LogP contribution is -1.97. The molecular formula is C12H11ClN2O. The molecule has 4 heteroatoms. The first-order chi connectivity index (χ1) is 7.66. The Labute approximate surface area is 99.1 Å². The van der Waals surface area contributed by atoms with Gasteiger partial charge >= 0.3 is 0 Å². The van der Waals surface area contributed by atoms with Crippen LogP contribution in [-0.2, 0) is 0 Å². The largest absolute Gasteiger partial charge is 0.439 e. The van der Waals surface area contributed by atoms with Crippen molar-refractivity contribution in [2.45, 2.75) is 13.8 Å². The van der Waals surface area contributed by atoms with Crippen LogP contribution in [0, 0.1) is 13.8 Å². The summed E-state index contributed by atoms with van der Waals surface area (Å²) < 4.78 is 5.64. The van der Waals surface area contributed by atoms with E-state index < -0.39 is 0 Å². The molecule has 0 bridgehead atoms. The number of para-hydroxylation sites is 1. The van der Waals surface area contributed by atoms with Gasteiger partial charge in [0.1, 0.15) is 16.7 Å². The van der Waals surface area contributed by atoms with Crippen molar-refractivity contribution in [3.63, 3.8) is 0 Å². The number of nitrogens with zero attached hydrogens (tertiary/aromatic N) is 2. The third-order valence-electron chi connectivity index (χ3n) is 2.11. The summed E-state index contributed by atoms with van der Waals surface area (Å²) in [5, 5.41) is 0.429. The molecule has 1 aromatic heterocycles. The summed E-state index contributed by atoms with van der Waals surface area (Å²) in [5.74, 6) is 1.84. The van der Waals surface area contributed by atoms with Gasteiger partial charge < -0.3 is 4.74 Å². The van der Waals surface area contributed by atoms with Crippen molar-refractivity contribution in [1.29, 1.82) is 0 Å². The van der Waals surface area contributed by atoms with Gasteiger partial charge in [0.05, 0.1) is 0 Å². The summed E-state index contributed by atoms with van der Waals surface area (Å²) in [6.07, 6.45) is 0. The Hall–Kier alpha value is -1.61. The number of ether oxygens (including phenoxy) is 1. The quantitative estimate of drug-likeness (QED) is 0.746. The first-order valence-electron chi connectivity index (χ1n) is 4.90. The van der Waals surface area contributed by atoms with Gasteiger partial charge in [-0.15, -0.1) is 0 Å². The Bertz CT molecular complexity index is 500. The van der Waals surface area contributed by atoms with Gasteiger partial charge in [0, 0.05) is 5.56 Å². The zero-order valence-electron chi connectivity index (χ0n) is 9.07. The second kappa shape index (κ2) is 4.49. The van der Waals surface area contributed by atoms with E-state index in [0.29, 0.717) is 16.9 Å². The van der Waals surface area contributed by atoms with Crippen molar-refractivity contribution in [2.24, 2.45) is 0 Å². The lowest BCUT2D eigenvalue weighted by Gasteiger charge is -2.08. The molecule has 0 saturated carbocycles. The molecule has 1 aromatic carbocycles. The highest BCUT2D eigenvalue weighted by Gasteiger charge is 2.09. The number of aryl methyl sites for hydroxylation is 1. The zero-order chi connectivity index (χ0) is 11.5. The van der Waals surface area contributed by atoms with E-state index in [4.69, 9.17) is 16.3 Å². The first-order valence-corrected chi connectivity index (χ1v) is 5.28. The second-order valence-electron chi connectivity index (χ2n) is 3.41. The normalized spacial score (nSPS) is 10.2. The Morgan fingerprint density at radius 3 is 2.44 bits per heavy atom. The summed E-state index contributed by atoms with van der Waals surface area (Å²) >= 11 is 5.95. The fourth-order valence-electron chi connectivity index (χ4n) is 1.27. The minimum atomic E-state index is 0.429. The number of benzene rings is 1. The molecule has 0 fully saturated rings. The van der Waals surface area contributed by atoms with Crippen LogP contribution in [0.2, 0.25) is 5.15 Å². The molecule has 0 saturated heterocycles. The van der Waals surface area contributed by atoms with Crippen LogP contribution in [0.5, 0.6) is 11.6 Å². The minimum Gasteiger partial charge on any atom is -0.439 e. The van der Waals surface area contributed by atoms with Crippen molar-refractivity contribution >= 4 is 11.6 Å². The third-order valence-corrected chi connectivity index (χ3v) is 2.48. The lowest BCUT2D eigenvalue weighted by atomic mass is 10.3. The number of hydrogen-bond acceptors (Lipinski definition) is 3. The van der Waals surface area contributed by atoms with Crippen LogP contribution in [0.4, 0.5) is 0 Å². The number of hydrogen-bond donors (Lipinski definition) is 0. The van der Waals surface area contributed by atoms with Crippen LogP contribution < -0.4 is 4.74 Å². The number of halogens is 1. The van der Waals surface area contributed by atoms with Gasteiger partial charge in [-0.05, 0) is 26.0 Å². The molecule has 0 aliphatic carbocycles. The number of aromatic nitrogens is 2. The average molecular weight is 235 g/mol. The van der Waals surface area contributed by atoms with Crippen LogP contribution in [0.1, 0.15) is 11.4 Å². The monoisotopic (exact) mass is 234 g/mol. The smallest absolute Gasteiger partial charge is 0.226 e. The van der Waals surface area contributed by atoms with Crippen molar-refractivity contribution < 1.29 is 4.74 Å². The van der Waals surface area contributed by atoms with Gasteiger partial charge in [0.15, 0.2) is 0 Å². The minimum absolute atomic E-state index is 0.429. The molecule has 0 N–H and O–H groups in total. The van der Waals surface area contributed by atoms with E-state index in [2.05, 4.69) is 9.97 Å². The second-order valence-corrected chi connectivity index (χ2v) is 3.76. The molecule has 2 rings (SSSR count). The molecule has 2 aromatic rings. The standard InChI is InChI=1S/C12H11ClN2O/c1-8-11(13)14-9(2)15-12(8)16-10-6-4-3-5-7-10/h3-7H,1-2H3. The SMILES string of the molecule is Cc1nc(Cl)c(C)c(Oc2ccccc2)n1. The summed E-state index contributed by atoms with van der Waals surface area (Å²) in [7, 11) is 0. The van der Waals surface area contributed by atoms with Crippen LogP contribution in [0.3, 0.4) is 0 Å². The molecule has 0 atom stereocenters. The van der Waals surface area contributed by atoms with Crippen molar-refractivity contribution in [1.82, 2.24) is 9.97 Å². The molecule has 0 radical (unpaired) electrons. The summed E-state index contributed by atoms with van der Waals surface area (Å²) in [4.78, 5) is 8.26. The Morgan fingerprint density at radius 1 is 1.06 bits per heavy atom. The van der Waals surface area contributed by atoms with E-state index in [0.717, 1.165) is 11.3 Å². The van der Waals surface area contributed by atoms with Crippen molar-refractivity contribution in [3.8, 4) is 11.6 Å². The molecule has 0 amide bonds. The van der Waals surface area contributed by atoms with E-state index in [1.165, 1.54) is 0 Å². The van der Waals surface area contributed by atoms with Gasteiger partial charge in [-0.25, -0.2) is 4.98 Å². The summed E-state index contributed by atoms with van der Waals surface area (Å²) in [6, 6.07) is 9.47. The Balaban J connectivity index is 2.35. The maximum absolute atomic E-state index is 5.95. The van der Waals surface area contributed by atoms with Crippen molar-refractivity contribution in [3.05, 3.63) is 46.9 Å². The van der Waals surface area contributed by atoms with Gasteiger partial charge in [0.2, 0.25) is 5.88 Å². The topological polar surface area (TPSA) is 35.0 Å². The predicted octanol–water partition coefficient (Wildman–Crippen LogP) is 3.54. The zero-order valence-corrected chi connectivity index (χ0v) is 9.82. The number of rotatable bonds is 2. The Morgan fingerprint density at radius 2 is 1.75 bits per heavy atom. The average Bonchev–Trinajstić information content (AvgIpc) is 2.27. The molecular weight excluding hydrogens is 224 g/mol.